The molecule has 6 nitrogen and oxygen atoms in total. The molecule has 0 aliphatic carbocycles. The van der Waals surface area contributed by atoms with E-state index in [0.29, 0.717) is 12.2 Å². The summed E-state index contributed by atoms with van der Waals surface area (Å²) < 4.78 is 1.75. The molecular formula is C20H17N3O3. The number of nitrogens with one attached hydrogen (secondary N) is 1. The first kappa shape index (κ1) is 16.1. The van der Waals surface area contributed by atoms with Gasteiger partial charge in [0.1, 0.15) is 5.82 Å². The number of fused-ring (bicyclic) bond motifs is 1. The molecule has 0 spiro atoms. The van der Waals surface area contributed by atoms with Crippen LogP contribution >= 0.6 is 0 Å². The van der Waals surface area contributed by atoms with Crippen molar-refractivity contribution in [1.29, 1.82) is 0 Å². The second kappa shape index (κ2) is 6.15. The van der Waals surface area contributed by atoms with Gasteiger partial charge < -0.3 is 10.4 Å². The Labute approximate surface area is 150 Å². The fourth-order valence-corrected chi connectivity index (χ4v) is 3.45. The molecule has 2 N–H and O–H groups in total. The molecule has 26 heavy (non-hydrogen) atoms. The van der Waals surface area contributed by atoms with Crippen LogP contribution in [0.5, 0.6) is 0 Å². The number of hydrogen-bond donors (Lipinski definition) is 2. The maximum Gasteiger partial charge on any atom is 0.335 e. The number of anilines is 1. The number of benzene rings is 2. The van der Waals surface area contributed by atoms with E-state index in [1.54, 1.807) is 28.9 Å². The number of aryl methyl sites for hydroxylation is 1. The maximum absolute atomic E-state index is 12.3. The highest BCUT2D eigenvalue weighted by Crippen LogP contribution is 2.40. The van der Waals surface area contributed by atoms with E-state index in [1.807, 2.05) is 37.3 Å². The summed E-state index contributed by atoms with van der Waals surface area (Å²) in [5.41, 5.74) is 3.82. The van der Waals surface area contributed by atoms with Gasteiger partial charge in [-0.25, -0.2) is 9.48 Å². The first-order valence-corrected chi connectivity index (χ1v) is 8.32. The molecule has 4 rings (SSSR count). The van der Waals surface area contributed by atoms with Crippen molar-refractivity contribution in [2.45, 2.75) is 19.3 Å². The quantitative estimate of drug-likeness (QED) is 0.761. The summed E-state index contributed by atoms with van der Waals surface area (Å²) in [7, 11) is 0. The molecule has 2 heterocycles. The maximum atomic E-state index is 12.3. The Morgan fingerprint density at radius 1 is 1.15 bits per heavy atom. The standard InChI is InChI=1S/C20H17N3O3/c1-12-18-16(13-7-9-14(10-8-13)20(25)26)11-17(24)21-19(18)23(22-12)15-5-3-2-4-6-15/h2-10,16H,11H2,1H3,(H,21,24)(H,25,26)/t16-/m1/s1. The van der Waals surface area contributed by atoms with Crippen LogP contribution in [0, 0.1) is 6.92 Å². The monoisotopic (exact) mass is 347 g/mol. The highest BCUT2D eigenvalue weighted by Gasteiger charge is 2.32. The number of carbonyl (C=O) groups excluding carboxylic acids is 1. The molecule has 1 aliphatic heterocycles. The molecule has 1 amide bonds. The number of carbonyl (C=O) groups is 2. The van der Waals surface area contributed by atoms with E-state index in [9.17, 15) is 9.59 Å². The van der Waals surface area contributed by atoms with Gasteiger partial charge in [0, 0.05) is 17.9 Å². The molecule has 1 aromatic heterocycles. The summed E-state index contributed by atoms with van der Waals surface area (Å²) in [5.74, 6) is -0.523. The SMILES string of the molecule is Cc1nn(-c2ccccc2)c2c1[C@@H](c1ccc(C(=O)O)cc1)CC(=O)N2. The number of para-hydroxylation sites is 1. The van der Waals surface area contributed by atoms with Crippen molar-refractivity contribution in [3.05, 3.63) is 77.0 Å². The molecule has 2 aromatic carbocycles. The van der Waals surface area contributed by atoms with Gasteiger partial charge in [0.25, 0.3) is 0 Å². The normalized spacial score (nSPS) is 16.0. The minimum Gasteiger partial charge on any atom is -0.478 e. The summed E-state index contributed by atoms with van der Waals surface area (Å²) in [6.07, 6.45) is 0.306. The number of aromatic carboxylic acids is 1. The highest BCUT2D eigenvalue weighted by molar-refractivity contribution is 5.95. The van der Waals surface area contributed by atoms with E-state index in [-0.39, 0.29) is 17.4 Å². The average molecular weight is 347 g/mol. The lowest BCUT2D eigenvalue weighted by atomic mass is 9.85. The van der Waals surface area contributed by atoms with Gasteiger partial charge in [-0.3, -0.25) is 4.79 Å². The first-order chi connectivity index (χ1) is 12.5. The van der Waals surface area contributed by atoms with Crippen molar-refractivity contribution in [3.8, 4) is 5.69 Å². The molecule has 0 fully saturated rings. The zero-order valence-electron chi connectivity index (χ0n) is 14.1. The van der Waals surface area contributed by atoms with Gasteiger partial charge in [0.05, 0.1) is 16.9 Å². The summed E-state index contributed by atoms with van der Waals surface area (Å²) in [6, 6.07) is 16.3. The minimum atomic E-state index is -0.966. The van der Waals surface area contributed by atoms with Gasteiger partial charge in [0.15, 0.2) is 0 Å². The lowest BCUT2D eigenvalue weighted by Gasteiger charge is -2.24. The summed E-state index contributed by atoms with van der Waals surface area (Å²) in [6.45, 7) is 1.92. The number of hydrogen-bond acceptors (Lipinski definition) is 3. The number of carboxylic acid groups (broad SMARTS) is 1. The summed E-state index contributed by atoms with van der Waals surface area (Å²) >= 11 is 0. The van der Waals surface area contributed by atoms with Gasteiger partial charge in [-0.2, -0.15) is 5.10 Å². The van der Waals surface area contributed by atoms with Crippen LogP contribution in [0.1, 0.15) is 39.5 Å². The summed E-state index contributed by atoms with van der Waals surface area (Å²) in [4.78, 5) is 23.4. The third-order valence-corrected chi connectivity index (χ3v) is 4.66. The Morgan fingerprint density at radius 3 is 2.50 bits per heavy atom. The number of rotatable bonds is 3. The van der Waals surface area contributed by atoms with Crippen LogP contribution in [0.3, 0.4) is 0 Å². The molecule has 6 heteroatoms. The van der Waals surface area contributed by atoms with E-state index in [0.717, 1.165) is 22.5 Å². The van der Waals surface area contributed by atoms with Gasteiger partial charge in [-0.15, -0.1) is 0 Å². The Kier molecular flexibility index (Phi) is 3.80. The Morgan fingerprint density at radius 2 is 1.85 bits per heavy atom. The molecule has 0 saturated carbocycles. The van der Waals surface area contributed by atoms with E-state index >= 15 is 0 Å². The van der Waals surface area contributed by atoms with Crippen LogP contribution in [-0.4, -0.2) is 26.8 Å². The molecular weight excluding hydrogens is 330 g/mol. The Balaban J connectivity index is 1.82. The third kappa shape index (κ3) is 2.65. The van der Waals surface area contributed by atoms with Crippen molar-refractivity contribution in [2.24, 2.45) is 0 Å². The van der Waals surface area contributed by atoms with Crippen molar-refractivity contribution in [3.63, 3.8) is 0 Å². The Bertz CT molecular complexity index is 991. The zero-order chi connectivity index (χ0) is 18.3. The van der Waals surface area contributed by atoms with Crippen molar-refractivity contribution >= 4 is 17.7 Å². The molecule has 0 bridgehead atoms. The predicted molar refractivity (Wildman–Crippen MR) is 96.8 cm³/mol. The topological polar surface area (TPSA) is 84.2 Å². The molecule has 130 valence electrons. The second-order valence-corrected chi connectivity index (χ2v) is 6.33. The van der Waals surface area contributed by atoms with Crippen LogP contribution < -0.4 is 5.32 Å². The largest absolute Gasteiger partial charge is 0.478 e. The number of amides is 1. The predicted octanol–water partition coefficient (Wildman–Crippen LogP) is 3.35. The lowest BCUT2D eigenvalue weighted by molar-refractivity contribution is -0.116. The minimum absolute atomic E-state index is 0.0816. The van der Waals surface area contributed by atoms with Gasteiger partial charge in [0.2, 0.25) is 5.91 Å². The molecule has 0 radical (unpaired) electrons. The molecule has 0 saturated heterocycles. The van der Waals surface area contributed by atoms with E-state index < -0.39 is 5.97 Å². The van der Waals surface area contributed by atoms with Crippen molar-refractivity contribution < 1.29 is 14.7 Å². The smallest absolute Gasteiger partial charge is 0.335 e. The molecule has 3 aromatic rings. The number of carboxylic acids is 1. The highest BCUT2D eigenvalue weighted by atomic mass is 16.4. The summed E-state index contributed by atoms with van der Waals surface area (Å²) in [5, 5.41) is 16.7. The van der Waals surface area contributed by atoms with Gasteiger partial charge in [-0.05, 0) is 36.8 Å². The second-order valence-electron chi connectivity index (χ2n) is 6.33. The van der Waals surface area contributed by atoms with E-state index in [2.05, 4.69) is 10.4 Å². The van der Waals surface area contributed by atoms with E-state index in [1.165, 1.54) is 0 Å². The van der Waals surface area contributed by atoms with Crippen LogP contribution in [-0.2, 0) is 4.79 Å². The van der Waals surface area contributed by atoms with Gasteiger partial charge in [-0.1, -0.05) is 30.3 Å². The van der Waals surface area contributed by atoms with E-state index in [4.69, 9.17) is 5.11 Å². The van der Waals surface area contributed by atoms with Crippen LogP contribution in [0.2, 0.25) is 0 Å². The van der Waals surface area contributed by atoms with Crippen molar-refractivity contribution in [1.82, 2.24) is 9.78 Å². The Hall–Kier alpha value is -3.41. The lowest BCUT2D eigenvalue weighted by Crippen LogP contribution is -2.25. The fraction of sp³-hybridized carbons (Fsp3) is 0.150. The van der Waals surface area contributed by atoms with Crippen LogP contribution in [0.4, 0.5) is 5.82 Å². The van der Waals surface area contributed by atoms with Gasteiger partial charge >= 0.3 is 5.97 Å². The van der Waals surface area contributed by atoms with Crippen molar-refractivity contribution in [2.75, 3.05) is 5.32 Å². The first-order valence-electron chi connectivity index (χ1n) is 8.32. The number of nitrogens with zero attached hydrogens (tertiary/aromatic N) is 2. The number of aromatic nitrogens is 2. The van der Waals surface area contributed by atoms with Crippen LogP contribution in [0.15, 0.2) is 54.6 Å². The average Bonchev–Trinajstić information content (AvgIpc) is 2.98. The molecule has 1 aliphatic rings. The molecule has 1 atom stereocenters. The zero-order valence-corrected chi connectivity index (χ0v) is 14.1. The molecule has 0 unspecified atom stereocenters. The van der Waals surface area contributed by atoms with Crippen LogP contribution in [0.25, 0.3) is 5.69 Å². The third-order valence-electron chi connectivity index (χ3n) is 4.66. The fourth-order valence-electron chi connectivity index (χ4n) is 3.45.